The van der Waals surface area contributed by atoms with Gasteiger partial charge in [-0.1, -0.05) is 12.1 Å². The molecule has 0 saturated carbocycles. The smallest absolute Gasteiger partial charge is 0.185 e. The highest BCUT2D eigenvalue weighted by Gasteiger charge is 2.13. The highest BCUT2D eigenvalue weighted by molar-refractivity contribution is 7.20. The zero-order chi connectivity index (χ0) is 18.8. The number of pyridine rings is 1. The molecule has 2 nitrogen and oxygen atoms in total. The summed E-state index contributed by atoms with van der Waals surface area (Å²) in [5, 5.41) is 0.947. The van der Waals surface area contributed by atoms with Crippen LogP contribution in [0, 0.1) is 11.6 Å². The van der Waals surface area contributed by atoms with Gasteiger partial charge in [0.1, 0.15) is 16.5 Å². The maximum atomic E-state index is 13.3. The highest BCUT2D eigenvalue weighted by Crippen LogP contribution is 2.38. The molecule has 0 aliphatic carbocycles. The van der Waals surface area contributed by atoms with E-state index in [0.29, 0.717) is 5.56 Å². The van der Waals surface area contributed by atoms with Gasteiger partial charge in [0.25, 0.3) is 0 Å². The molecule has 2 aromatic carbocycles. The van der Waals surface area contributed by atoms with Crippen molar-refractivity contribution in [2.45, 2.75) is 0 Å². The normalized spacial score (nSPS) is 11.3. The number of benzene rings is 2. The molecule has 0 bridgehead atoms. The SMILES string of the molecule is O=C(C=Cc1sc2ncccc2c1-c1ccc(F)cc1)c1ccc(F)cc1. The van der Waals surface area contributed by atoms with E-state index in [2.05, 4.69) is 4.98 Å². The van der Waals surface area contributed by atoms with Gasteiger partial charge in [-0.05, 0) is 66.2 Å². The molecule has 0 atom stereocenters. The van der Waals surface area contributed by atoms with Crippen LogP contribution in [0.3, 0.4) is 0 Å². The summed E-state index contributed by atoms with van der Waals surface area (Å²) in [6.07, 6.45) is 4.91. The van der Waals surface area contributed by atoms with Crippen LogP contribution in [0.4, 0.5) is 8.78 Å². The number of ketones is 1. The van der Waals surface area contributed by atoms with Crippen molar-refractivity contribution < 1.29 is 13.6 Å². The molecule has 0 saturated heterocycles. The summed E-state index contributed by atoms with van der Waals surface area (Å²) in [6.45, 7) is 0. The largest absolute Gasteiger partial charge is 0.289 e. The number of thiophene rings is 1. The van der Waals surface area contributed by atoms with Crippen LogP contribution in [0.15, 0.2) is 72.9 Å². The molecule has 0 fully saturated rings. The lowest BCUT2D eigenvalue weighted by atomic mass is 10.0. The summed E-state index contributed by atoms with van der Waals surface area (Å²) in [4.78, 5) is 18.4. The molecule has 4 aromatic rings. The van der Waals surface area contributed by atoms with Crippen molar-refractivity contribution in [2.75, 3.05) is 0 Å². The average molecular weight is 377 g/mol. The van der Waals surface area contributed by atoms with E-state index in [4.69, 9.17) is 0 Å². The van der Waals surface area contributed by atoms with Gasteiger partial charge in [-0.15, -0.1) is 11.3 Å². The van der Waals surface area contributed by atoms with Crippen LogP contribution < -0.4 is 0 Å². The molecule has 2 heterocycles. The molecule has 2 aromatic heterocycles. The molecular formula is C22H13F2NOS. The third-order valence-corrected chi connectivity index (χ3v) is 5.22. The molecule has 4 rings (SSSR count). The molecule has 27 heavy (non-hydrogen) atoms. The lowest BCUT2D eigenvalue weighted by molar-refractivity contribution is 0.104. The van der Waals surface area contributed by atoms with Crippen molar-refractivity contribution in [2.24, 2.45) is 0 Å². The average Bonchev–Trinajstić information content (AvgIpc) is 3.06. The summed E-state index contributed by atoms with van der Waals surface area (Å²) in [6, 6.07) is 15.5. The van der Waals surface area contributed by atoms with E-state index < -0.39 is 0 Å². The number of nitrogens with zero attached hydrogens (tertiary/aromatic N) is 1. The van der Waals surface area contributed by atoms with Crippen molar-refractivity contribution in [1.29, 1.82) is 0 Å². The number of halogens is 2. The molecule has 132 valence electrons. The maximum absolute atomic E-state index is 13.3. The minimum atomic E-state index is -0.385. The number of hydrogen-bond acceptors (Lipinski definition) is 3. The van der Waals surface area contributed by atoms with Crippen LogP contribution in [-0.4, -0.2) is 10.8 Å². The molecule has 5 heteroatoms. The first-order valence-corrected chi connectivity index (χ1v) is 9.05. The van der Waals surface area contributed by atoms with Crippen LogP contribution in [0.5, 0.6) is 0 Å². The Bertz CT molecular complexity index is 1150. The van der Waals surface area contributed by atoms with Crippen LogP contribution in [-0.2, 0) is 0 Å². The van der Waals surface area contributed by atoms with Crippen LogP contribution >= 0.6 is 11.3 Å². The molecular weight excluding hydrogens is 364 g/mol. The highest BCUT2D eigenvalue weighted by atomic mass is 32.1. The second kappa shape index (κ2) is 7.21. The number of carbonyl (C=O) groups is 1. The van der Waals surface area contributed by atoms with Gasteiger partial charge in [-0.25, -0.2) is 13.8 Å². The number of fused-ring (bicyclic) bond motifs is 1. The zero-order valence-electron chi connectivity index (χ0n) is 14.0. The van der Waals surface area contributed by atoms with Gasteiger partial charge in [0.2, 0.25) is 0 Å². The molecule has 0 aliphatic heterocycles. The van der Waals surface area contributed by atoms with E-state index in [1.807, 2.05) is 12.1 Å². The Labute approximate surface area is 158 Å². The van der Waals surface area contributed by atoms with E-state index in [1.165, 1.54) is 53.8 Å². The summed E-state index contributed by atoms with van der Waals surface area (Å²) in [7, 11) is 0. The van der Waals surface area contributed by atoms with E-state index >= 15 is 0 Å². The summed E-state index contributed by atoms with van der Waals surface area (Å²) >= 11 is 1.46. The lowest BCUT2D eigenvalue weighted by Gasteiger charge is -2.02. The van der Waals surface area contributed by atoms with Crippen molar-refractivity contribution in [3.63, 3.8) is 0 Å². The van der Waals surface area contributed by atoms with Crippen LogP contribution in [0.1, 0.15) is 15.2 Å². The summed E-state index contributed by atoms with van der Waals surface area (Å²) in [5.74, 6) is -0.907. The predicted octanol–water partition coefficient (Wildman–Crippen LogP) is 6.14. The van der Waals surface area contributed by atoms with Gasteiger partial charge in [0, 0.05) is 27.6 Å². The first-order chi connectivity index (χ1) is 13.1. The third kappa shape index (κ3) is 3.55. The molecule has 0 N–H and O–H groups in total. The Morgan fingerprint density at radius 2 is 1.59 bits per heavy atom. The van der Waals surface area contributed by atoms with Crippen molar-refractivity contribution in [3.05, 3.63) is 95.0 Å². The van der Waals surface area contributed by atoms with E-state index in [9.17, 15) is 13.6 Å². The van der Waals surface area contributed by atoms with Crippen LogP contribution in [0.2, 0.25) is 0 Å². The third-order valence-electron chi connectivity index (χ3n) is 4.14. The monoisotopic (exact) mass is 377 g/mol. The Morgan fingerprint density at radius 1 is 0.926 bits per heavy atom. The molecule has 0 unspecified atom stereocenters. The van der Waals surface area contributed by atoms with Gasteiger partial charge in [0.05, 0.1) is 0 Å². The minimum Gasteiger partial charge on any atom is -0.289 e. The zero-order valence-corrected chi connectivity index (χ0v) is 14.8. The molecule has 0 spiro atoms. The lowest BCUT2D eigenvalue weighted by Crippen LogP contribution is -1.93. The van der Waals surface area contributed by atoms with E-state index in [1.54, 1.807) is 24.4 Å². The Kier molecular flexibility index (Phi) is 4.60. The molecule has 0 aliphatic rings. The quantitative estimate of drug-likeness (QED) is 0.316. The van der Waals surface area contributed by atoms with Crippen molar-refractivity contribution in [3.8, 4) is 11.1 Å². The van der Waals surface area contributed by atoms with Gasteiger partial charge in [-0.2, -0.15) is 0 Å². The Hall–Kier alpha value is -3.18. The van der Waals surface area contributed by atoms with Gasteiger partial charge < -0.3 is 0 Å². The van der Waals surface area contributed by atoms with E-state index in [-0.39, 0.29) is 17.4 Å². The Morgan fingerprint density at radius 3 is 2.30 bits per heavy atom. The number of allylic oxidation sites excluding steroid dienone is 1. The first-order valence-electron chi connectivity index (χ1n) is 8.23. The number of rotatable bonds is 4. The first kappa shape index (κ1) is 17.2. The molecule has 0 amide bonds. The standard InChI is InChI=1S/C22H13F2NOS/c23-16-7-3-14(4-8-16)19(26)11-12-20-21(15-5-9-17(24)10-6-15)18-2-1-13-25-22(18)27-20/h1-13H. The summed E-state index contributed by atoms with van der Waals surface area (Å²) < 4.78 is 26.3. The summed E-state index contributed by atoms with van der Waals surface area (Å²) in [5.41, 5.74) is 2.17. The topological polar surface area (TPSA) is 30.0 Å². The fraction of sp³-hybridized carbons (Fsp3) is 0. The Balaban J connectivity index is 1.77. The number of hydrogen-bond donors (Lipinski definition) is 0. The minimum absolute atomic E-state index is 0.217. The van der Waals surface area contributed by atoms with Crippen molar-refractivity contribution in [1.82, 2.24) is 4.98 Å². The number of aromatic nitrogens is 1. The second-order valence-electron chi connectivity index (χ2n) is 5.91. The fourth-order valence-corrected chi connectivity index (χ4v) is 3.91. The number of carbonyl (C=O) groups excluding carboxylic acids is 1. The van der Waals surface area contributed by atoms with Crippen LogP contribution in [0.25, 0.3) is 27.4 Å². The fourth-order valence-electron chi connectivity index (χ4n) is 2.84. The van der Waals surface area contributed by atoms with Crippen molar-refractivity contribution >= 4 is 33.4 Å². The second-order valence-corrected chi connectivity index (χ2v) is 6.94. The van der Waals surface area contributed by atoms with E-state index in [0.717, 1.165) is 26.2 Å². The van der Waals surface area contributed by atoms with Gasteiger partial charge in [-0.3, -0.25) is 4.79 Å². The van der Waals surface area contributed by atoms with Gasteiger partial charge >= 0.3 is 0 Å². The predicted molar refractivity (Wildman–Crippen MR) is 105 cm³/mol. The molecule has 0 radical (unpaired) electrons. The van der Waals surface area contributed by atoms with Gasteiger partial charge in [0.15, 0.2) is 5.78 Å². The maximum Gasteiger partial charge on any atom is 0.185 e.